The number of carbonyl (C=O) groups is 1. The summed E-state index contributed by atoms with van der Waals surface area (Å²) < 4.78 is 18.9. The van der Waals surface area contributed by atoms with Crippen molar-refractivity contribution in [2.45, 2.75) is 20.3 Å². The molecule has 0 unspecified atom stereocenters. The largest absolute Gasteiger partial charge is 0.462 e. The molecular formula is C15H15BrFNO2S. The molecule has 0 aliphatic heterocycles. The summed E-state index contributed by atoms with van der Waals surface area (Å²) in [6, 6.07) is 4.47. The van der Waals surface area contributed by atoms with E-state index in [9.17, 15) is 9.18 Å². The van der Waals surface area contributed by atoms with Crippen LogP contribution in [-0.4, -0.2) is 12.6 Å². The van der Waals surface area contributed by atoms with Crippen LogP contribution in [-0.2, 0) is 11.2 Å². The summed E-state index contributed by atoms with van der Waals surface area (Å²) in [4.78, 5) is 13.2. The van der Waals surface area contributed by atoms with Crippen molar-refractivity contribution in [3.05, 3.63) is 38.9 Å². The Morgan fingerprint density at radius 3 is 2.71 bits per heavy atom. The van der Waals surface area contributed by atoms with Gasteiger partial charge in [0.15, 0.2) is 0 Å². The molecule has 112 valence electrons. The first-order valence-electron chi connectivity index (χ1n) is 6.53. The Balaban J connectivity index is 2.58. The molecule has 0 amide bonds. The van der Waals surface area contributed by atoms with E-state index in [1.807, 2.05) is 6.92 Å². The summed E-state index contributed by atoms with van der Waals surface area (Å²) in [5.74, 6) is -0.738. The lowest BCUT2D eigenvalue weighted by molar-refractivity contribution is 0.0533. The minimum absolute atomic E-state index is 0.299. The molecule has 0 bridgehead atoms. The Morgan fingerprint density at radius 1 is 1.43 bits per heavy atom. The van der Waals surface area contributed by atoms with Crippen molar-refractivity contribution in [2.75, 3.05) is 12.3 Å². The Kier molecular flexibility index (Phi) is 5.00. The second-order valence-electron chi connectivity index (χ2n) is 4.35. The molecule has 0 saturated heterocycles. The summed E-state index contributed by atoms with van der Waals surface area (Å²) >= 11 is 4.64. The number of rotatable bonds is 4. The highest BCUT2D eigenvalue weighted by atomic mass is 79.9. The average molecular weight is 372 g/mol. The lowest BCUT2D eigenvalue weighted by Crippen LogP contribution is -2.05. The van der Waals surface area contributed by atoms with E-state index in [-0.39, 0.29) is 5.82 Å². The van der Waals surface area contributed by atoms with Gasteiger partial charge in [0.25, 0.3) is 0 Å². The zero-order valence-corrected chi connectivity index (χ0v) is 14.1. The van der Waals surface area contributed by atoms with E-state index in [2.05, 4.69) is 15.9 Å². The van der Waals surface area contributed by atoms with Crippen LogP contribution < -0.4 is 5.73 Å². The van der Waals surface area contributed by atoms with Crippen molar-refractivity contribution in [1.82, 2.24) is 0 Å². The second kappa shape index (κ2) is 6.58. The third-order valence-corrected chi connectivity index (χ3v) is 4.96. The van der Waals surface area contributed by atoms with Gasteiger partial charge in [-0.15, -0.1) is 11.3 Å². The molecule has 2 aromatic rings. The number of hydrogen-bond acceptors (Lipinski definition) is 4. The standard InChI is InChI=1S/C15H15BrFNO2S/c1-3-9-12(18)14(15(19)20-4-2)21-13(9)10-6-5-8(17)7-11(10)16/h5-7H,3-4,18H2,1-2H3. The third kappa shape index (κ3) is 3.11. The number of ether oxygens (including phenoxy) is 1. The van der Waals surface area contributed by atoms with E-state index in [0.717, 1.165) is 16.0 Å². The van der Waals surface area contributed by atoms with Crippen molar-refractivity contribution in [3.8, 4) is 10.4 Å². The first-order chi connectivity index (χ1) is 9.99. The van der Waals surface area contributed by atoms with E-state index in [4.69, 9.17) is 10.5 Å². The molecule has 3 nitrogen and oxygen atoms in total. The number of thiophene rings is 1. The van der Waals surface area contributed by atoms with Gasteiger partial charge in [0.2, 0.25) is 0 Å². The number of halogens is 2. The first-order valence-corrected chi connectivity index (χ1v) is 8.14. The minimum atomic E-state index is -0.417. The minimum Gasteiger partial charge on any atom is -0.462 e. The van der Waals surface area contributed by atoms with Crippen LogP contribution in [0.25, 0.3) is 10.4 Å². The monoisotopic (exact) mass is 371 g/mol. The van der Waals surface area contributed by atoms with E-state index >= 15 is 0 Å². The van der Waals surface area contributed by atoms with Crippen LogP contribution in [0.2, 0.25) is 0 Å². The van der Waals surface area contributed by atoms with Crippen molar-refractivity contribution < 1.29 is 13.9 Å². The predicted molar refractivity (Wildman–Crippen MR) is 87.2 cm³/mol. The Morgan fingerprint density at radius 2 is 2.14 bits per heavy atom. The Labute approximate surface area is 135 Å². The first kappa shape index (κ1) is 16.0. The summed E-state index contributed by atoms with van der Waals surface area (Å²) in [5, 5.41) is 0. The quantitative estimate of drug-likeness (QED) is 0.796. The summed E-state index contributed by atoms with van der Waals surface area (Å²) in [6.45, 7) is 4.02. The highest BCUT2D eigenvalue weighted by molar-refractivity contribution is 9.10. The average Bonchev–Trinajstić information content (AvgIpc) is 2.76. The lowest BCUT2D eigenvalue weighted by Gasteiger charge is -2.05. The van der Waals surface area contributed by atoms with Crippen LogP contribution in [0.4, 0.5) is 10.1 Å². The number of carbonyl (C=O) groups excluding carboxylic acids is 1. The molecule has 6 heteroatoms. The molecule has 2 N–H and O–H groups in total. The highest BCUT2D eigenvalue weighted by Crippen LogP contribution is 2.42. The van der Waals surface area contributed by atoms with Gasteiger partial charge >= 0.3 is 5.97 Å². The van der Waals surface area contributed by atoms with Crippen molar-refractivity contribution in [3.63, 3.8) is 0 Å². The zero-order chi connectivity index (χ0) is 15.6. The fourth-order valence-corrected chi connectivity index (χ4v) is 3.99. The van der Waals surface area contributed by atoms with Crippen molar-refractivity contribution >= 4 is 38.9 Å². The number of hydrogen-bond donors (Lipinski definition) is 1. The van der Waals surface area contributed by atoms with E-state index in [0.29, 0.717) is 28.1 Å². The second-order valence-corrected chi connectivity index (χ2v) is 6.23. The van der Waals surface area contributed by atoms with Gasteiger partial charge in [0.05, 0.1) is 12.3 Å². The maximum Gasteiger partial charge on any atom is 0.350 e. The fourth-order valence-electron chi connectivity index (χ4n) is 2.07. The molecule has 1 heterocycles. The fraction of sp³-hybridized carbons (Fsp3) is 0.267. The predicted octanol–water partition coefficient (Wildman–Crippen LogP) is 4.64. The summed E-state index contributed by atoms with van der Waals surface area (Å²) in [6.07, 6.45) is 0.681. The SMILES string of the molecule is CCOC(=O)c1sc(-c2ccc(F)cc2Br)c(CC)c1N. The molecule has 0 atom stereocenters. The van der Waals surface area contributed by atoms with Crippen LogP contribution >= 0.6 is 27.3 Å². The Bertz CT molecular complexity index is 685. The topological polar surface area (TPSA) is 52.3 Å². The normalized spacial score (nSPS) is 10.7. The van der Waals surface area contributed by atoms with E-state index < -0.39 is 5.97 Å². The van der Waals surface area contributed by atoms with Crippen LogP contribution in [0.5, 0.6) is 0 Å². The highest BCUT2D eigenvalue weighted by Gasteiger charge is 2.22. The van der Waals surface area contributed by atoms with Gasteiger partial charge < -0.3 is 10.5 Å². The smallest absolute Gasteiger partial charge is 0.350 e. The molecule has 0 aliphatic carbocycles. The molecule has 0 saturated carbocycles. The molecule has 2 rings (SSSR count). The number of benzene rings is 1. The number of nitrogen functional groups attached to an aromatic ring is 1. The number of nitrogens with two attached hydrogens (primary N) is 1. The molecule has 21 heavy (non-hydrogen) atoms. The van der Waals surface area contributed by atoms with Gasteiger partial charge in [-0.2, -0.15) is 0 Å². The van der Waals surface area contributed by atoms with E-state index in [1.165, 1.54) is 23.5 Å². The molecule has 1 aromatic carbocycles. The van der Waals surface area contributed by atoms with Gasteiger partial charge in [-0.25, -0.2) is 9.18 Å². The summed E-state index contributed by atoms with van der Waals surface area (Å²) in [5.41, 5.74) is 8.24. The number of anilines is 1. The van der Waals surface area contributed by atoms with E-state index in [1.54, 1.807) is 13.0 Å². The molecule has 0 radical (unpaired) electrons. The summed E-state index contributed by atoms with van der Waals surface area (Å²) in [7, 11) is 0. The molecule has 0 fully saturated rings. The van der Waals surface area contributed by atoms with Gasteiger partial charge in [0, 0.05) is 14.9 Å². The van der Waals surface area contributed by atoms with Gasteiger partial charge in [-0.1, -0.05) is 22.9 Å². The molecule has 1 aromatic heterocycles. The van der Waals surface area contributed by atoms with Crippen molar-refractivity contribution in [2.24, 2.45) is 0 Å². The molecular weight excluding hydrogens is 357 g/mol. The Hall–Kier alpha value is -1.40. The molecule has 0 aliphatic rings. The van der Waals surface area contributed by atoms with Gasteiger partial charge in [0.1, 0.15) is 10.7 Å². The van der Waals surface area contributed by atoms with Gasteiger partial charge in [-0.3, -0.25) is 0 Å². The maximum atomic E-state index is 13.2. The van der Waals surface area contributed by atoms with Gasteiger partial charge in [-0.05, 0) is 37.1 Å². The molecule has 0 spiro atoms. The van der Waals surface area contributed by atoms with Crippen LogP contribution in [0.15, 0.2) is 22.7 Å². The van der Waals surface area contributed by atoms with Crippen LogP contribution in [0.1, 0.15) is 29.1 Å². The zero-order valence-electron chi connectivity index (χ0n) is 11.7. The lowest BCUT2D eigenvalue weighted by atomic mass is 10.1. The van der Waals surface area contributed by atoms with Crippen LogP contribution in [0.3, 0.4) is 0 Å². The van der Waals surface area contributed by atoms with Crippen LogP contribution in [0, 0.1) is 5.82 Å². The number of esters is 1. The third-order valence-electron chi connectivity index (χ3n) is 3.04. The van der Waals surface area contributed by atoms with Crippen molar-refractivity contribution in [1.29, 1.82) is 0 Å². The maximum absolute atomic E-state index is 13.2.